The Kier molecular flexibility index (Phi) is 7.43. The lowest BCUT2D eigenvalue weighted by Crippen LogP contribution is -2.40. The number of fused-ring (bicyclic) bond motifs is 1. The number of aromatic nitrogens is 2. The number of carbonyl (C=O) groups excluding carboxylic acids is 1. The molecule has 0 aliphatic heterocycles. The van der Waals surface area contributed by atoms with Crippen molar-refractivity contribution in [2.24, 2.45) is 0 Å². The van der Waals surface area contributed by atoms with E-state index in [4.69, 9.17) is 19.4 Å². The summed E-state index contributed by atoms with van der Waals surface area (Å²) >= 11 is 0. The molecule has 1 aliphatic carbocycles. The molecule has 0 spiro atoms. The van der Waals surface area contributed by atoms with E-state index in [0.717, 1.165) is 48.0 Å². The molecule has 1 saturated carbocycles. The predicted octanol–water partition coefficient (Wildman–Crippen LogP) is 3.50. The third-order valence-corrected chi connectivity index (χ3v) is 6.34. The first-order valence-electron chi connectivity index (χ1n) is 11.8. The standard InChI is InChI=1S/C26H33N5O4/c1-31(2)25-19-7-5-6-8-20(19)29-26(30-25)28-18-11-9-17(10-12-18)27-23(32)15-16-13-21(34-3)24(33)22(14-16)35-4/h5-8,13-14,17-18,33H,9-12,15H2,1-4H3,(H,27,32)(H,28,29,30)/t17-,18+. The van der Waals surface area contributed by atoms with E-state index in [-0.39, 0.29) is 41.7 Å². The van der Waals surface area contributed by atoms with Gasteiger partial charge in [0.15, 0.2) is 11.5 Å². The molecule has 9 nitrogen and oxygen atoms in total. The van der Waals surface area contributed by atoms with Gasteiger partial charge in [0.25, 0.3) is 0 Å². The Labute approximate surface area is 205 Å². The molecule has 3 N–H and O–H groups in total. The van der Waals surface area contributed by atoms with Crippen LogP contribution in [-0.2, 0) is 11.2 Å². The number of para-hydroxylation sites is 1. The molecule has 1 amide bonds. The van der Waals surface area contributed by atoms with E-state index in [1.165, 1.54) is 14.2 Å². The number of nitrogens with zero attached hydrogens (tertiary/aromatic N) is 3. The molecule has 1 fully saturated rings. The molecule has 1 aliphatic rings. The molecule has 0 radical (unpaired) electrons. The van der Waals surface area contributed by atoms with Crippen molar-refractivity contribution in [1.82, 2.24) is 15.3 Å². The zero-order valence-electron chi connectivity index (χ0n) is 20.7. The number of amides is 1. The van der Waals surface area contributed by atoms with Gasteiger partial charge in [-0.05, 0) is 55.5 Å². The molecule has 35 heavy (non-hydrogen) atoms. The number of hydrogen-bond acceptors (Lipinski definition) is 8. The third-order valence-electron chi connectivity index (χ3n) is 6.34. The van der Waals surface area contributed by atoms with Crippen LogP contribution in [-0.4, -0.2) is 61.4 Å². The SMILES string of the molecule is COc1cc(CC(=O)N[C@H]2CC[C@@H](Nc3nc(N(C)C)c4ccccc4n3)CC2)cc(OC)c1O. The first-order valence-corrected chi connectivity index (χ1v) is 11.8. The molecule has 0 atom stereocenters. The number of benzene rings is 2. The van der Waals surface area contributed by atoms with Crippen molar-refractivity contribution in [2.45, 2.75) is 44.2 Å². The summed E-state index contributed by atoms with van der Waals surface area (Å²) in [5.41, 5.74) is 1.63. The highest BCUT2D eigenvalue weighted by Crippen LogP contribution is 2.37. The van der Waals surface area contributed by atoms with Crippen LogP contribution in [0, 0.1) is 0 Å². The van der Waals surface area contributed by atoms with Gasteiger partial charge in [-0.25, -0.2) is 4.98 Å². The monoisotopic (exact) mass is 479 g/mol. The summed E-state index contributed by atoms with van der Waals surface area (Å²) in [6, 6.07) is 11.7. The van der Waals surface area contributed by atoms with Gasteiger partial charge in [0.2, 0.25) is 17.6 Å². The smallest absolute Gasteiger partial charge is 0.225 e. The normalized spacial score (nSPS) is 17.6. The minimum Gasteiger partial charge on any atom is -0.502 e. The number of nitrogens with one attached hydrogen (secondary N) is 2. The van der Waals surface area contributed by atoms with Gasteiger partial charge in [0, 0.05) is 31.6 Å². The van der Waals surface area contributed by atoms with Gasteiger partial charge in [0.1, 0.15) is 5.82 Å². The maximum absolute atomic E-state index is 12.7. The summed E-state index contributed by atoms with van der Waals surface area (Å²) in [7, 11) is 6.90. The number of methoxy groups -OCH3 is 2. The second-order valence-corrected chi connectivity index (χ2v) is 9.07. The lowest BCUT2D eigenvalue weighted by Gasteiger charge is -2.30. The summed E-state index contributed by atoms with van der Waals surface area (Å²) in [5.74, 6) is 1.96. The summed E-state index contributed by atoms with van der Waals surface area (Å²) in [6.45, 7) is 0. The minimum atomic E-state index is -0.0712. The highest BCUT2D eigenvalue weighted by Gasteiger charge is 2.24. The van der Waals surface area contributed by atoms with Crippen LogP contribution in [0.3, 0.4) is 0 Å². The number of phenolic OH excluding ortho intramolecular Hbond substituents is 1. The van der Waals surface area contributed by atoms with E-state index in [1.54, 1.807) is 12.1 Å². The lowest BCUT2D eigenvalue weighted by atomic mass is 9.91. The first-order chi connectivity index (χ1) is 16.9. The van der Waals surface area contributed by atoms with E-state index in [9.17, 15) is 9.90 Å². The highest BCUT2D eigenvalue weighted by atomic mass is 16.5. The van der Waals surface area contributed by atoms with Crippen molar-refractivity contribution < 1.29 is 19.4 Å². The number of ether oxygens (including phenoxy) is 2. The molecule has 0 unspecified atom stereocenters. The Balaban J connectivity index is 1.33. The van der Waals surface area contributed by atoms with E-state index in [2.05, 4.69) is 10.6 Å². The maximum atomic E-state index is 12.7. The van der Waals surface area contributed by atoms with E-state index < -0.39 is 0 Å². The summed E-state index contributed by atoms with van der Waals surface area (Å²) in [4.78, 5) is 24.1. The van der Waals surface area contributed by atoms with E-state index >= 15 is 0 Å². The fourth-order valence-electron chi connectivity index (χ4n) is 4.54. The van der Waals surface area contributed by atoms with Crippen molar-refractivity contribution in [1.29, 1.82) is 0 Å². The second-order valence-electron chi connectivity index (χ2n) is 9.07. The third kappa shape index (κ3) is 5.67. The van der Waals surface area contributed by atoms with Crippen molar-refractivity contribution >= 4 is 28.6 Å². The van der Waals surface area contributed by atoms with Crippen molar-refractivity contribution in [3.05, 3.63) is 42.0 Å². The topological polar surface area (TPSA) is 109 Å². The van der Waals surface area contributed by atoms with Crippen LogP contribution >= 0.6 is 0 Å². The van der Waals surface area contributed by atoms with Crippen LogP contribution < -0.4 is 25.0 Å². The summed E-state index contributed by atoms with van der Waals surface area (Å²) in [5, 5.41) is 17.7. The highest BCUT2D eigenvalue weighted by molar-refractivity contribution is 5.90. The quantitative estimate of drug-likeness (QED) is 0.451. The molecule has 1 heterocycles. The Morgan fingerprint density at radius 2 is 1.66 bits per heavy atom. The molecule has 2 aromatic carbocycles. The lowest BCUT2D eigenvalue weighted by molar-refractivity contribution is -0.121. The number of carbonyl (C=O) groups is 1. The number of rotatable bonds is 8. The van der Waals surface area contributed by atoms with Crippen LogP contribution in [0.5, 0.6) is 17.2 Å². The maximum Gasteiger partial charge on any atom is 0.225 e. The molecule has 9 heteroatoms. The largest absolute Gasteiger partial charge is 0.502 e. The zero-order valence-corrected chi connectivity index (χ0v) is 20.7. The van der Waals surface area contributed by atoms with Gasteiger partial charge < -0.3 is 30.1 Å². The average molecular weight is 480 g/mol. The second kappa shape index (κ2) is 10.7. The number of phenols is 1. The summed E-state index contributed by atoms with van der Waals surface area (Å²) < 4.78 is 10.4. The fourth-order valence-corrected chi connectivity index (χ4v) is 4.54. The van der Waals surface area contributed by atoms with Crippen LogP contribution in [0.4, 0.5) is 11.8 Å². The van der Waals surface area contributed by atoms with Gasteiger partial charge in [-0.2, -0.15) is 4.98 Å². The van der Waals surface area contributed by atoms with Gasteiger partial charge in [-0.15, -0.1) is 0 Å². The van der Waals surface area contributed by atoms with Crippen molar-refractivity contribution in [3.8, 4) is 17.2 Å². The minimum absolute atomic E-state index is 0.0651. The van der Waals surface area contributed by atoms with Gasteiger partial charge in [-0.3, -0.25) is 4.79 Å². The molecule has 4 rings (SSSR count). The van der Waals surface area contributed by atoms with Crippen molar-refractivity contribution in [3.63, 3.8) is 0 Å². The molecule has 186 valence electrons. The molecule has 0 saturated heterocycles. The van der Waals surface area contributed by atoms with E-state index in [1.807, 2.05) is 43.3 Å². The Morgan fingerprint density at radius 3 is 2.29 bits per heavy atom. The van der Waals surface area contributed by atoms with Crippen LogP contribution in [0.25, 0.3) is 10.9 Å². The van der Waals surface area contributed by atoms with Crippen molar-refractivity contribution in [2.75, 3.05) is 38.5 Å². The van der Waals surface area contributed by atoms with Crippen LogP contribution in [0.2, 0.25) is 0 Å². The molecular formula is C26H33N5O4. The zero-order chi connectivity index (χ0) is 24.9. The Morgan fingerprint density at radius 1 is 1.03 bits per heavy atom. The van der Waals surface area contributed by atoms with Crippen LogP contribution in [0.15, 0.2) is 36.4 Å². The summed E-state index contributed by atoms with van der Waals surface area (Å²) in [6.07, 6.45) is 3.77. The van der Waals surface area contributed by atoms with Gasteiger partial charge >= 0.3 is 0 Å². The molecule has 3 aromatic rings. The van der Waals surface area contributed by atoms with Gasteiger partial charge in [0.05, 0.1) is 26.2 Å². The van der Waals surface area contributed by atoms with E-state index in [0.29, 0.717) is 5.95 Å². The number of aromatic hydroxyl groups is 1. The molecule has 1 aromatic heterocycles. The number of anilines is 2. The number of hydrogen-bond donors (Lipinski definition) is 3. The molecule has 0 bridgehead atoms. The molecular weight excluding hydrogens is 446 g/mol. The first kappa shape index (κ1) is 24.4. The van der Waals surface area contributed by atoms with Gasteiger partial charge in [-0.1, -0.05) is 12.1 Å². The Hall–Kier alpha value is -3.75. The predicted molar refractivity (Wildman–Crippen MR) is 137 cm³/mol. The van der Waals surface area contributed by atoms with Crippen LogP contribution in [0.1, 0.15) is 31.2 Å². The fraction of sp³-hybridized carbons (Fsp3) is 0.423. The average Bonchev–Trinajstić information content (AvgIpc) is 2.85. The Bertz CT molecular complexity index is 1170.